The van der Waals surface area contributed by atoms with E-state index in [9.17, 15) is 0 Å². The largest absolute Gasteiger partial charge is 0.303 e. The zero-order chi connectivity index (χ0) is 18.9. The van der Waals surface area contributed by atoms with Crippen LogP contribution in [0.5, 0.6) is 0 Å². The molecule has 28 heavy (non-hydrogen) atoms. The standard InChI is InChI=1S/C27H37N/c1-19(23-7-3-2-4-8-23)28-13-5-6-20-9-11-24(12-10-20)27-25-15-21-14-22(17-25)18-26(27)16-21/h9-12,19,21-23,25-28H,2-4,7-8,13-18H2,1H3. The lowest BCUT2D eigenvalue weighted by atomic mass is 9.51. The highest BCUT2D eigenvalue weighted by Crippen LogP contribution is 2.59. The molecule has 1 heteroatoms. The average Bonchev–Trinajstić information content (AvgIpc) is 2.72. The SMILES string of the molecule is CC(NCC#Cc1ccc(C2C3CC4CC(C3)CC2C4)cc1)C1CCCCC1. The molecule has 0 amide bonds. The normalized spacial score (nSPS) is 35.4. The van der Waals surface area contributed by atoms with Gasteiger partial charge in [-0.25, -0.2) is 0 Å². The molecule has 5 aliphatic rings. The van der Waals surface area contributed by atoms with Crippen LogP contribution in [0.4, 0.5) is 0 Å². The minimum Gasteiger partial charge on any atom is -0.303 e. The predicted octanol–water partition coefficient (Wildman–Crippen LogP) is 6.14. The van der Waals surface area contributed by atoms with Crippen LogP contribution in [0.2, 0.25) is 0 Å². The first-order valence-electron chi connectivity index (χ1n) is 12.1. The van der Waals surface area contributed by atoms with Crippen molar-refractivity contribution in [3.8, 4) is 11.8 Å². The quantitative estimate of drug-likeness (QED) is 0.624. The van der Waals surface area contributed by atoms with Crippen molar-refractivity contribution < 1.29 is 0 Å². The summed E-state index contributed by atoms with van der Waals surface area (Å²) >= 11 is 0. The van der Waals surface area contributed by atoms with Crippen LogP contribution in [0.3, 0.4) is 0 Å². The molecule has 1 nitrogen and oxygen atoms in total. The van der Waals surface area contributed by atoms with Crippen LogP contribution in [0, 0.1) is 41.4 Å². The Morgan fingerprint density at radius 3 is 2.18 bits per heavy atom. The summed E-state index contributed by atoms with van der Waals surface area (Å²) in [6.07, 6.45) is 14.6. The topological polar surface area (TPSA) is 12.0 Å². The van der Waals surface area contributed by atoms with Gasteiger partial charge in [-0.05, 0) is 105 Å². The molecular formula is C27H37N. The molecule has 0 spiro atoms. The van der Waals surface area contributed by atoms with E-state index in [1.165, 1.54) is 63.4 Å². The van der Waals surface area contributed by atoms with Crippen molar-refractivity contribution in [3.05, 3.63) is 35.4 Å². The Kier molecular flexibility index (Phi) is 5.51. The van der Waals surface area contributed by atoms with Crippen LogP contribution < -0.4 is 5.32 Å². The molecule has 5 saturated carbocycles. The van der Waals surface area contributed by atoms with Gasteiger partial charge in [0.1, 0.15) is 0 Å². The van der Waals surface area contributed by atoms with Gasteiger partial charge in [-0.15, -0.1) is 0 Å². The highest BCUT2D eigenvalue weighted by molar-refractivity contribution is 5.38. The van der Waals surface area contributed by atoms with Gasteiger partial charge in [-0.2, -0.15) is 0 Å². The van der Waals surface area contributed by atoms with E-state index in [0.717, 1.165) is 42.1 Å². The van der Waals surface area contributed by atoms with Crippen molar-refractivity contribution in [3.63, 3.8) is 0 Å². The Hall–Kier alpha value is -1.26. The molecule has 1 aromatic carbocycles. The lowest BCUT2D eigenvalue weighted by molar-refractivity contribution is -0.00277. The van der Waals surface area contributed by atoms with Gasteiger partial charge in [0, 0.05) is 11.6 Å². The van der Waals surface area contributed by atoms with Crippen molar-refractivity contribution in [1.82, 2.24) is 5.32 Å². The fourth-order valence-corrected chi connectivity index (χ4v) is 7.42. The van der Waals surface area contributed by atoms with Gasteiger partial charge < -0.3 is 5.32 Å². The minimum atomic E-state index is 0.605. The van der Waals surface area contributed by atoms with Gasteiger partial charge >= 0.3 is 0 Å². The fraction of sp³-hybridized carbons (Fsp3) is 0.704. The first-order valence-corrected chi connectivity index (χ1v) is 12.1. The molecule has 0 saturated heterocycles. The first-order chi connectivity index (χ1) is 13.8. The third-order valence-corrected chi connectivity index (χ3v) is 8.62. The maximum atomic E-state index is 3.65. The monoisotopic (exact) mass is 375 g/mol. The van der Waals surface area contributed by atoms with Gasteiger partial charge in [0.25, 0.3) is 0 Å². The van der Waals surface area contributed by atoms with Crippen LogP contribution in [0.15, 0.2) is 24.3 Å². The minimum absolute atomic E-state index is 0.605. The van der Waals surface area contributed by atoms with Crippen LogP contribution in [0.25, 0.3) is 0 Å². The maximum absolute atomic E-state index is 3.65. The second-order valence-electron chi connectivity index (χ2n) is 10.4. The van der Waals surface area contributed by atoms with Crippen LogP contribution in [0.1, 0.15) is 88.2 Å². The zero-order valence-electron chi connectivity index (χ0n) is 17.6. The number of hydrogen-bond donors (Lipinski definition) is 1. The van der Waals surface area contributed by atoms with Crippen LogP contribution in [-0.4, -0.2) is 12.6 Å². The molecule has 6 rings (SSSR count). The van der Waals surface area contributed by atoms with Crippen LogP contribution >= 0.6 is 0 Å². The van der Waals surface area contributed by atoms with Crippen LogP contribution in [-0.2, 0) is 0 Å². The van der Waals surface area contributed by atoms with Crippen molar-refractivity contribution in [2.24, 2.45) is 29.6 Å². The number of benzene rings is 1. The Labute approximate surface area is 172 Å². The van der Waals surface area contributed by atoms with E-state index in [1.807, 2.05) is 0 Å². The summed E-state index contributed by atoms with van der Waals surface area (Å²) in [5, 5.41) is 3.65. The molecule has 5 aliphatic carbocycles. The Bertz CT molecular complexity index is 687. The molecule has 5 fully saturated rings. The van der Waals surface area contributed by atoms with Crippen molar-refractivity contribution in [1.29, 1.82) is 0 Å². The summed E-state index contributed by atoms with van der Waals surface area (Å²) in [7, 11) is 0. The number of hydrogen-bond acceptors (Lipinski definition) is 1. The number of nitrogens with one attached hydrogen (secondary N) is 1. The Morgan fingerprint density at radius 2 is 1.54 bits per heavy atom. The highest BCUT2D eigenvalue weighted by atomic mass is 14.9. The maximum Gasteiger partial charge on any atom is 0.0582 e. The molecular weight excluding hydrogens is 338 g/mol. The van der Waals surface area contributed by atoms with E-state index < -0.39 is 0 Å². The number of rotatable bonds is 4. The van der Waals surface area contributed by atoms with E-state index in [-0.39, 0.29) is 0 Å². The smallest absolute Gasteiger partial charge is 0.0582 e. The van der Waals surface area contributed by atoms with Gasteiger partial charge in [0.05, 0.1) is 6.54 Å². The second kappa shape index (κ2) is 8.23. The van der Waals surface area contributed by atoms with E-state index in [1.54, 1.807) is 12.0 Å². The first kappa shape index (κ1) is 18.7. The fourth-order valence-electron chi connectivity index (χ4n) is 7.42. The predicted molar refractivity (Wildman–Crippen MR) is 117 cm³/mol. The highest BCUT2D eigenvalue weighted by Gasteiger charge is 2.48. The summed E-state index contributed by atoms with van der Waals surface area (Å²) in [6, 6.07) is 9.95. The molecule has 1 aromatic rings. The van der Waals surface area contributed by atoms with Gasteiger partial charge in [-0.3, -0.25) is 0 Å². The summed E-state index contributed by atoms with van der Waals surface area (Å²) in [4.78, 5) is 0. The summed E-state index contributed by atoms with van der Waals surface area (Å²) in [6.45, 7) is 3.16. The lowest BCUT2D eigenvalue weighted by Gasteiger charge is -2.54. The van der Waals surface area contributed by atoms with E-state index in [2.05, 4.69) is 48.3 Å². The summed E-state index contributed by atoms with van der Waals surface area (Å²) < 4.78 is 0. The van der Waals surface area contributed by atoms with Gasteiger partial charge in [-0.1, -0.05) is 43.2 Å². The Morgan fingerprint density at radius 1 is 0.893 bits per heavy atom. The molecule has 1 atom stereocenters. The third kappa shape index (κ3) is 3.91. The molecule has 1 unspecified atom stereocenters. The average molecular weight is 376 g/mol. The summed E-state index contributed by atoms with van der Waals surface area (Å²) in [5.74, 6) is 12.5. The molecule has 4 bridgehead atoms. The molecule has 0 radical (unpaired) electrons. The molecule has 0 heterocycles. The van der Waals surface area contributed by atoms with Gasteiger partial charge in [0.2, 0.25) is 0 Å². The molecule has 0 aromatic heterocycles. The van der Waals surface area contributed by atoms with Crippen molar-refractivity contribution in [2.75, 3.05) is 6.54 Å². The van der Waals surface area contributed by atoms with Crippen molar-refractivity contribution >= 4 is 0 Å². The van der Waals surface area contributed by atoms with Crippen molar-refractivity contribution in [2.45, 2.75) is 83.1 Å². The third-order valence-electron chi connectivity index (χ3n) is 8.62. The lowest BCUT2D eigenvalue weighted by Crippen LogP contribution is -2.43. The van der Waals surface area contributed by atoms with E-state index >= 15 is 0 Å². The van der Waals surface area contributed by atoms with E-state index in [4.69, 9.17) is 0 Å². The molecule has 1 N–H and O–H groups in total. The zero-order valence-corrected chi connectivity index (χ0v) is 17.6. The Balaban J connectivity index is 1.16. The van der Waals surface area contributed by atoms with Gasteiger partial charge in [0.15, 0.2) is 0 Å². The molecule has 150 valence electrons. The van der Waals surface area contributed by atoms with E-state index in [0.29, 0.717) is 6.04 Å². The summed E-state index contributed by atoms with van der Waals surface area (Å²) in [5.41, 5.74) is 2.78. The molecule has 0 aliphatic heterocycles. The second-order valence-corrected chi connectivity index (χ2v) is 10.4.